The maximum absolute atomic E-state index is 11.9. The standard InChI is InChI=1S/C13H15ClN4O/c1-7(2)10(15)13(19)18-12-11(14)16-8-5-3-4-6-9(8)17-12/h3-7,10H,15H2,1-2H3,(H,17,18,19)/t10-/m0/s1. The first-order valence-corrected chi connectivity index (χ1v) is 6.35. The highest BCUT2D eigenvalue weighted by Gasteiger charge is 2.19. The van der Waals surface area contributed by atoms with Crippen LogP contribution < -0.4 is 11.1 Å². The predicted molar refractivity (Wildman–Crippen MR) is 76.0 cm³/mol. The van der Waals surface area contributed by atoms with E-state index in [2.05, 4.69) is 15.3 Å². The number of fused-ring (bicyclic) bond motifs is 1. The van der Waals surface area contributed by atoms with Gasteiger partial charge >= 0.3 is 0 Å². The van der Waals surface area contributed by atoms with Gasteiger partial charge in [0, 0.05) is 0 Å². The van der Waals surface area contributed by atoms with Crippen LogP contribution in [0.2, 0.25) is 5.15 Å². The molecule has 6 heteroatoms. The number of hydrogen-bond acceptors (Lipinski definition) is 4. The van der Waals surface area contributed by atoms with Crippen LogP contribution in [-0.4, -0.2) is 21.9 Å². The fourth-order valence-corrected chi connectivity index (χ4v) is 1.74. The number of amides is 1. The minimum atomic E-state index is -0.607. The molecule has 0 saturated heterocycles. The van der Waals surface area contributed by atoms with Crippen molar-refractivity contribution in [1.82, 2.24) is 9.97 Å². The van der Waals surface area contributed by atoms with Crippen molar-refractivity contribution in [1.29, 1.82) is 0 Å². The van der Waals surface area contributed by atoms with E-state index in [9.17, 15) is 4.79 Å². The Kier molecular flexibility index (Phi) is 3.97. The van der Waals surface area contributed by atoms with Crippen molar-refractivity contribution in [2.45, 2.75) is 19.9 Å². The van der Waals surface area contributed by atoms with Crippen LogP contribution in [0.3, 0.4) is 0 Å². The normalized spacial score (nSPS) is 12.7. The molecule has 0 saturated carbocycles. The predicted octanol–water partition coefficient (Wildman–Crippen LogP) is 2.21. The molecule has 2 aromatic rings. The van der Waals surface area contributed by atoms with Crippen molar-refractivity contribution in [3.63, 3.8) is 0 Å². The molecule has 1 atom stereocenters. The van der Waals surface area contributed by atoms with Crippen molar-refractivity contribution in [3.05, 3.63) is 29.4 Å². The number of anilines is 1. The van der Waals surface area contributed by atoms with Crippen LogP contribution in [0, 0.1) is 5.92 Å². The van der Waals surface area contributed by atoms with Crippen LogP contribution in [0.1, 0.15) is 13.8 Å². The van der Waals surface area contributed by atoms with Gasteiger partial charge in [0.1, 0.15) is 0 Å². The first-order chi connectivity index (χ1) is 8.99. The van der Waals surface area contributed by atoms with Crippen molar-refractivity contribution >= 4 is 34.4 Å². The van der Waals surface area contributed by atoms with Gasteiger partial charge < -0.3 is 11.1 Å². The number of benzene rings is 1. The van der Waals surface area contributed by atoms with E-state index in [1.165, 1.54) is 0 Å². The van der Waals surface area contributed by atoms with Gasteiger partial charge in [-0.1, -0.05) is 37.6 Å². The van der Waals surface area contributed by atoms with E-state index in [0.717, 1.165) is 0 Å². The van der Waals surface area contributed by atoms with Crippen LogP contribution in [0.4, 0.5) is 5.82 Å². The topological polar surface area (TPSA) is 80.9 Å². The summed E-state index contributed by atoms with van der Waals surface area (Å²) in [5.74, 6) is -0.0462. The summed E-state index contributed by atoms with van der Waals surface area (Å²) in [6.45, 7) is 3.75. The van der Waals surface area contributed by atoms with Crippen LogP contribution in [0.15, 0.2) is 24.3 Å². The van der Waals surface area contributed by atoms with Crippen LogP contribution in [-0.2, 0) is 4.79 Å². The van der Waals surface area contributed by atoms with E-state index in [4.69, 9.17) is 17.3 Å². The molecule has 0 radical (unpaired) electrons. The van der Waals surface area contributed by atoms with Crippen molar-refractivity contribution in [2.24, 2.45) is 11.7 Å². The molecule has 0 aliphatic rings. The molecular formula is C13H15ClN4O. The lowest BCUT2D eigenvalue weighted by atomic mass is 10.1. The summed E-state index contributed by atoms with van der Waals surface area (Å²) in [7, 11) is 0. The molecule has 0 spiro atoms. The van der Waals surface area contributed by atoms with Crippen LogP contribution in [0.5, 0.6) is 0 Å². The summed E-state index contributed by atoms with van der Waals surface area (Å²) in [4.78, 5) is 20.3. The van der Waals surface area contributed by atoms with E-state index in [-0.39, 0.29) is 22.8 Å². The minimum Gasteiger partial charge on any atom is -0.320 e. The van der Waals surface area contributed by atoms with Gasteiger partial charge in [0.15, 0.2) is 11.0 Å². The lowest BCUT2D eigenvalue weighted by Gasteiger charge is -2.15. The summed E-state index contributed by atoms with van der Waals surface area (Å²) < 4.78 is 0. The number of carbonyl (C=O) groups excluding carboxylic acids is 1. The number of nitrogens with two attached hydrogens (primary N) is 1. The number of nitrogens with one attached hydrogen (secondary N) is 1. The zero-order chi connectivity index (χ0) is 14.0. The molecule has 1 amide bonds. The van der Waals surface area contributed by atoms with E-state index in [0.29, 0.717) is 11.0 Å². The second-order valence-electron chi connectivity index (χ2n) is 4.61. The molecule has 19 heavy (non-hydrogen) atoms. The third-order valence-electron chi connectivity index (χ3n) is 2.79. The number of nitrogens with zero attached hydrogens (tertiary/aromatic N) is 2. The summed E-state index contributed by atoms with van der Waals surface area (Å²) >= 11 is 6.00. The Balaban J connectivity index is 2.30. The highest BCUT2D eigenvalue weighted by atomic mass is 35.5. The molecule has 0 fully saturated rings. The summed E-state index contributed by atoms with van der Waals surface area (Å²) in [6, 6.07) is 6.69. The monoisotopic (exact) mass is 278 g/mol. The molecule has 1 aromatic heterocycles. The van der Waals surface area contributed by atoms with Crippen molar-refractivity contribution in [3.8, 4) is 0 Å². The smallest absolute Gasteiger partial charge is 0.242 e. The van der Waals surface area contributed by atoms with E-state index >= 15 is 0 Å². The molecule has 1 aromatic carbocycles. The highest BCUT2D eigenvalue weighted by molar-refractivity contribution is 6.32. The minimum absolute atomic E-state index is 0.0344. The molecule has 0 unspecified atom stereocenters. The number of aromatic nitrogens is 2. The zero-order valence-corrected chi connectivity index (χ0v) is 11.5. The Hall–Kier alpha value is -1.72. The van der Waals surface area contributed by atoms with Crippen LogP contribution >= 0.6 is 11.6 Å². The van der Waals surface area contributed by atoms with Gasteiger partial charge in [-0.05, 0) is 18.1 Å². The Morgan fingerprint density at radius 2 is 1.84 bits per heavy atom. The molecular weight excluding hydrogens is 264 g/mol. The number of rotatable bonds is 3. The van der Waals surface area contributed by atoms with Gasteiger partial charge in [0.05, 0.1) is 17.1 Å². The summed E-state index contributed by atoms with van der Waals surface area (Å²) in [5.41, 5.74) is 7.11. The second-order valence-corrected chi connectivity index (χ2v) is 4.97. The molecule has 5 nitrogen and oxygen atoms in total. The molecule has 0 aliphatic heterocycles. The van der Waals surface area contributed by atoms with Crippen molar-refractivity contribution < 1.29 is 4.79 Å². The molecule has 2 rings (SSSR count). The van der Waals surface area contributed by atoms with Gasteiger partial charge in [-0.2, -0.15) is 0 Å². The number of para-hydroxylation sites is 2. The number of halogens is 1. The van der Waals surface area contributed by atoms with Crippen LogP contribution in [0.25, 0.3) is 11.0 Å². The largest absolute Gasteiger partial charge is 0.320 e. The fourth-order valence-electron chi connectivity index (χ4n) is 1.56. The summed E-state index contributed by atoms with van der Waals surface area (Å²) in [5, 5.41) is 2.77. The first-order valence-electron chi connectivity index (χ1n) is 5.97. The third-order valence-corrected chi connectivity index (χ3v) is 3.05. The number of hydrogen-bond donors (Lipinski definition) is 2. The molecule has 3 N–H and O–H groups in total. The first kappa shape index (κ1) is 13.7. The Bertz CT molecular complexity index is 615. The maximum atomic E-state index is 11.9. The van der Waals surface area contributed by atoms with Gasteiger partial charge in [0.25, 0.3) is 0 Å². The van der Waals surface area contributed by atoms with E-state index < -0.39 is 6.04 Å². The van der Waals surface area contributed by atoms with Gasteiger partial charge in [-0.25, -0.2) is 9.97 Å². The average molecular weight is 279 g/mol. The summed E-state index contributed by atoms with van der Waals surface area (Å²) in [6.07, 6.45) is 0. The fraction of sp³-hybridized carbons (Fsp3) is 0.308. The molecule has 0 bridgehead atoms. The van der Waals surface area contributed by atoms with Gasteiger partial charge in [0.2, 0.25) is 5.91 Å². The maximum Gasteiger partial charge on any atom is 0.242 e. The average Bonchev–Trinajstić information content (AvgIpc) is 2.38. The zero-order valence-electron chi connectivity index (χ0n) is 10.7. The van der Waals surface area contributed by atoms with Crippen molar-refractivity contribution in [2.75, 3.05) is 5.32 Å². The lowest BCUT2D eigenvalue weighted by molar-refractivity contribution is -0.118. The molecule has 1 heterocycles. The third kappa shape index (κ3) is 3.00. The Morgan fingerprint density at radius 1 is 1.26 bits per heavy atom. The Morgan fingerprint density at radius 3 is 2.42 bits per heavy atom. The van der Waals surface area contributed by atoms with E-state index in [1.807, 2.05) is 26.0 Å². The quantitative estimate of drug-likeness (QED) is 0.902. The number of carbonyl (C=O) groups is 1. The lowest BCUT2D eigenvalue weighted by Crippen LogP contribution is -2.40. The van der Waals surface area contributed by atoms with Gasteiger partial charge in [-0.3, -0.25) is 4.79 Å². The SMILES string of the molecule is CC(C)[C@H](N)C(=O)Nc1nc2ccccc2nc1Cl. The van der Waals surface area contributed by atoms with E-state index in [1.54, 1.807) is 12.1 Å². The molecule has 0 aliphatic carbocycles. The molecule has 100 valence electrons. The van der Waals surface area contributed by atoms with Gasteiger partial charge in [-0.15, -0.1) is 0 Å². The highest BCUT2D eigenvalue weighted by Crippen LogP contribution is 2.21. The second kappa shape index (κ2) is 5.50. The Labute approximate surface area is 116 Å².